The van der Waals surface area contributed by atoms with Crippen LogP contribution in [0.3, 0.4) is 0 Å². The minimum Gasteiger partial charge on any atom is -0.478 e. The summed E-state index contributed by atoms with van der Waals surface area (Å²) < 4.78 is 25.4. The third kappa shape index (κ3) is 1.98. The quantitative estimate of drug-likeness (QED) is 0.832. The van der Waals surface area contributed by atoms with Crippen molar-refractivity contribution in [2.24, 2.45) is 0 Å². The zero-order valence-corrected chi connectivity index (χ0v) is 12.4. The van der Waals surface area contributed by atoms with Crippen molar-refractivity contribution in [1.29, 1.82) is 0 Å². The average Bonchev–Trinajstić information content (AvgIpc) is 2.55. The standard InChI is InChI=1S/C14H8ClNO5S/c15-11-8(14(18)19)5-6-10-12(11)16-13(17)7-3-1-2-4-9(7)22(10,20)21/h1-6H,(H,16,17)(H,18,19). The normalized spacial score (nSPS) is 15.2. The summed E-state index contributed by atoms with van der Waals surface area (Å²) in [5.41, 5.74) is -0.531. The Morgan fingerprint density at radius 3 is 2.45 bits per heavy atom. The molecule has 1 aliphatic rings. The van der Waals surface area contributed by atoms with Crippen molar-refractivity contribution in [3.63, 3.8) is 0 Å². The molecule has 3 rings (SSSR count). The van der Waals surface area contributed by atoms with Crippen LogP contribution in [0.4, 0.5) is 5.69 Å². The van der Waals surface area contributed by atoms with Gasteiger partial charge in [0.05, 0.1) is 31.6 Å². The van der Waals surface area contributed by atoms with Crippen LogP contribution in [0, 0.1) is 0 Å². The molecular weight excluding hydrogens is 330 g/mol. The molecule has 2 N–H and O–H groups in total. The van der Waals surface area contributed by atoms with Crippen molar-refractivity contribution in [3.8, 4) is 0 Å². The smallest absolute Gasteiger partial charge is 0.337 e. The van der Waals surface area contributed by atoms with Crippen LogP contribution < -0.4 is 5.32 Å². The zero-order chi connectivity index (χ0) is 16.1. The maximum absolute atomic E-state index is 12.7. The number of rotatable bonds is 1. The Morgan fingerprint density at radius 1 is 1.09 bits per heavy atom. The van der Waals surface area contributed by atoms with Gasteiger partial charge in [-0.1, -0.05) is 23.7 Å². The van der Waals surface area contributed by atoms with Crippen LogP contribution in [0.1, 0.15) is 20.7 Å². The molecule has 0 atom stereocenters. The molecule has 0 fully saturated rings. The van der Waals surface area contributed by atoms with Gasteiger partial charge in [-0.3, -0.25) is 4.79 Å². The fraction of sp³-hybridized carbons (Fsp3) is 0. The first-order chi connectivity index (χ1) is 10.3. The van der Waals surface area contributed by atoms with E-state index in [1.54, 1.807) is 0 Å². The highest BCUT2D eigenvalue weighted by Crippen LogP contribution is 2.39. The van der Waals surface area contributed by atoms with Crippen molar-refractivity contribution < 1.29 is 23.1 Å². The minimum atomic E-state index is -4.00. The molecule has 0 unspecified atom stereocenters. The molecular formula is C14H8ClNO5S. The number of sulfone groups is 1. The second-order valence-electron chi connectivity index (χ2n) is 4.56. The van der Waals surface area contributed by atoms with Gasteiger partial charge in [0.15, 0.2) is 0 Å². The van der Waals surface area contributed by atoms with E-state index in [9.17, 15) is 18.0 Å². The fourth-order valence-electron chi connectivity index (χ4n) is 2.25. The number of carboxylic acids is 1. The summed E-state index contributed by atoms with van der Waals surface area (Å²) in [6.07, 6.45) is 0. The number of hydrogen-bond donors (Lipinski definition) is 2. The Balaban J connectivity index is 2.40. The first-order valence-corrected chi connectivity index (χ1v) is 7.91. The average molecular weight is 338 g/mol. The second kappa shape index (κ2) is 4.82. The number of halogens is 1. The van der Waals surface area contributed by atoms with Crippen molar-refractivity contribution in [3.05, 3.63) is 52.5 Å². The Kier molecular flexibility index (Phi) is 3.19. The number of hydrogen-bond acceptors (Lipinski definition) is 4. The maximum Gasteiger partial charge on any atom is 0.337 e. The number of aromatic carboxylic acids is 1. The van der Waals surface area contributed by atoms with Crippen LogP contribution in [0.5, 0.6) is 0 Å². The lowest BCUT2D eigenvalue weighted by Gasteiger charge is -2.10. The van der Waals surface area contributed by atoms with Gasteiger partial charge in [0.1, 0.15) is 0 Å². The summed E-state index contributed by atoms with van der Waals surface area (Å²) in [5, 5.41) is 11.1. The highest BCUT2D eigenvalue weighted by atomic mass is 35.5. The molecule has 0 saturated carbocycles. The van der Waals surface area contributed by atoms with Gasteiger partial charge in [-0.05, 0) is 24.3 Å². The van der Waals surface area contributed by atoms with Gasteiger partial charge in [-0.2, -0.15) is 0 Å². The molecule has 2 aromatic rings. The van der Waals surface area contributed by atoms with E-state index in [0.29, 0.717) is 0 Å². The number of carboxylic acid groups (broad SMARTS) is 1. The SMILES string of the molecule is O=C1Nc2c(ccc(C(=O)O)c2Cl)S(=O)(=O)c2ccccc21. The lowest BCUT2D eigenvalue weighted by molar-refractivity contribution is 0.0696. The van der Waals surface area contributed by atoms with Gasteiger partial charge in [0.25, 0.3) is 5.91 Å². The second-order valence-corrected chi connectivity index (χ2v) is 6.82. The van der Waals surface area contributed by atoms with E-state index in [0.717, 1.165) is 12.1 Å². The molecule has 112 valence electrons. The molecule has 0 radical (unpaired) electrons. The number of fused-ring (bicyclic) bond motifs is 2. The molecule has 1 amide bonds. The molecule has 1 heterocycles. The summed E-state index contributed by atoms with van der Waals surface area (Å²) in [4.78, 5) is 22.9. The summed E-state index contributed by atoms with van der Waals surface area (Å²) in [7, 11) is -4.00. The van der Waals surface area contributed by atoms with Crippen LogP contribution in [0.15, 0.2) is 46.2 Å². The summed E-state index contributed by atoms with van der Waals surface area (Å²) in [6, 6.07) is 7.96. The van der Waals surface area contributed by atoms with Crippen molar-refractivity contribution in [2.45, 2.75) is 9.79 Å². The van der Waals surface area contributed by atoms with Gasteiger partial charge in [-0.15, -0.1) is 0 Å². The maximum atomic E-state index is 12.7. The molecule has 2 aromatic carbocycles. The van der Waals surface area contributed by atoms with Gasteiger partial charge in [-0.25, -0.2) is 13.2 Å². The number of anilines is 1. The van der Waals surface area contributed by atoms with E-state index in [-0.39, 0.29) is 31.6 Å². The lowest BCUT2D eigenvalue weighted by Crippen LogP contribution is -2.12. The molecule has 6 nitrogen and oxygen atoms in total. The van der Waals surface area contributed by atoms with E-state index in [1.165, 1.54) is 24.3 Å². The molecule has 1 aliphatic heterocycles. The summed E-state index contributed by atoms with van der Waals surface area (Å²) in [6.45, 7) is 0. The van der Waals surface area contributed by atoms with Crippen LogP contribution >= 0.6 is 11.6 Å². The molecule has 22 heavy (non-hydrogen) atoms. The predicted molar refractivity (Wildman–Crippen MR) is 78.3 cm³/mol. The van der Waals surface area contributed by atoms with E-state index in [4.69, 9.17) is 16.7 Å². The molecule has 0 aromatic heterocycles. The third-order valence-electron chi connectivity index (χ3n) is 3.28. The van der Waals surface area contributed by atoms with E-state index >= 15 is 0 Å². The number of amides is 1. The van der Waals surface area contributed by atoms with Crippen molar-refractivity contribution >= 4 is 39.0 Å². The third-order valence-corrected chi connectivity index (χ3v) is 5.53. The summed E-state index contributed by atoms with van der Waals surface area (Å²) >= 11 is 5.97. The van der Waals surface area contributed by atoms with Gasteiger partial charge >= 0.3 is 5.97 Å². The highest BCUT2D eigenvalue weighted by molar-refractivity contribution is 7.91. The number of carbonyl (C=O) groups is 2. The van der Waals surface area contributed by atoms with E-state index < -0.39 is 21.7 Å². The van der Waals surface area contributed by atoms with Crippen LogP contribution in [-0.2, 0) is 9.84 Å². The van der Waals surface area contributed by atoms with Gasteiger partial charge < -0.3 is 10.4 Å². The van der Waals surface area contributed by atoms with Gasteiger partial charge in [0, 0.05) is 0 Å². The number of nitrogens with one attached hydrogen (secondary N) is 1. The zero-order valence-electron chi connectivity index (χ0n) is 10.8. The first-order valence-electron chi connectivity index (χ1n) is 6.05. The Bertz CT molecular complexity index is 936. The highest BCUT2D eigenvalue weighted by Gasteiger charge is 2.33. The Morgan fingerprint density at radius 2 is 1.77 bits per heavy atom. The lowest BCUT2D eigenvalue weighted by atomic mass is 10.1. The topological polar surface area (TPSA) is 101 Å². The van der Waals surface area contributed by atoms with Crippen LogP contribution in [-0.4, -0.2) is 25.4 Å². The molecule has 8 heteroatoms. The molecule has 0 saturated heterocycles. The fourth-order valence-corrected chi connectivity index (χ4v) is 4.21. The Labute approximate surface area is 130 Å². The first kappa shape index (κ1) is 14.6. The molecule has 0 spiro atoms. The van der Waals surface area contributed by atoms with E-state index in [2.05, 4.69) is 5.32 Å². The van der Waals surface area contributed by atoms with Crippen molar-refractivity contribution in [2.75, 3.05) is 5.32 Å². The van der Waals surface area contributed by atoms with E-state index in [1.807, 2.05) is 0 Å². The molecule has 0 aliphatic carbocycles. The monoisotopic (exact) mass is 337 g/mol. The summed E-state index contributed by atoms with van der Waals surface area (Å²) in [5.74, 6) is -1.98. The van der Waals surface area contributed by atoms with Crippen LogP contribution in [0.2, 0.25) is 5.02 Å². The molecule has 0 bridgehead atoms. The predicted octanol–water partition coefficient (Wildman–Crippen LogP) is 2.44. The number of benzene rings is 2. The Hall–Kier alpha value is -2.38. The van der Waals surface area contributed by atoms with Crippen molar-refractivity contribution in [1.82, 2.24) is 0 Å². The minimum absolute atomic E-state index is 0.0216. The largest absolute Gasteiger partial charge is 0.478 e. The number of carbonyl (C=O) groups excluding carboxylic acids is 1. The van der Waals surface area contributed by atoms with Crippen LogP contribution in [0.25, 0.3) is 0 Å². The van der Waals surface area contributed by atoms with Gasteiger partial charge in [0.2, 0.25) is 9.84 Å².